The summed E-state index contributed by atoms with van der Waals surface area (Å²) in [7, 11) is 1.65. The molecule has 0 bridgehead atoms. The van der Waals surface area contributed by atoms with Gasteiger partial charge in [0.2, 0.25) is 0 Å². The van der Waals surface area contributed by atoms with E-state index in [2.05, 4.69) is 28.2 Å². The average Bonchev–Trinajstić information content (AvgIpc) is 2.53. The minimum absolute atomic E-state index is 0.623. The van der Waals surface area contributed by atoms with Crippen LogP contribution in [0.1, 0.15) is 18.9 Å². The Hall–Kier alpha value is -1.39. The minimum Gasteiger partial charge on any atom is -0.493 e. The van der Waals surface area contributed by atoms with Gasteiger partial charge in [0.05, 0.1) is 13.7 Å². The van der Waals surface area contributed by atoms with Crippen LogP contribution < -0.4 is 14.8 Å². The van der Waals surface area contributed by atoms with Gasteiger partial charge in [-0.25, -0.2) is 0 Å². The van der Waals surface area contributed by atoms with Crippen LogP contribution in [0.4, 0.5) is 5.69 Å². The van der Waals surface area contributed by atoms with E-state index in [4.69, 9.17) is 21.1 Å². The third-order valence-electron chi connectivity index (χ3n) is 3.15. The molecule has 0 atom stereocenters. The molecule has 0 aliphatic rings. The Kier molecular flexibility index (Phi) is 6.40. The third-order valence-corrected chi connectivity index (χ3v) is 4.15. The predicted molar refractivity (Wildman–Crippen MR) is 95.3 cm³/mol. The zero-order chi connectivity index (χ0) is 15.9. The summed E-state index contributed by atoms with van der Waals surface area (Å²) in [6.45, 7) is 3.36. The Labute approximate surface area is 144 Å². The SMILES string of the molecule is CCCOc1c(OC)ccc(Br)c1CNc1ccc(Cl)cc1. The summed E-state index contributed by atoms with van der Waals surface area (Å²) in [4.78, 5) is 0. The molecule has 1 N–H and O–H groups in total. The lowest BCUT2D eigenvalue weighted by atomic mass is 10.1. The Morgan fingerprint density at radius 2 is 1.86 bits per heavy atom. The normalized spacial score (nSPS) is 10.4. The van der Waals surface area contributed by atoms with E-state index in [1.807, 2.05) is 36.4 Å². The minimum atomic E-state index is 0.623. The van der Waals surface area contributed by atoms with Gasteiger partial charge in [-0.2, -0.15) is 0 Å². The zero-order valence-corrected chi connectivity index (χ0v) is 15.0. The van der Waals surface area contributed by atoms with Crippen molar-refractivity contribution in [1.29, 1.82) is 0 Å². The number of hydrogen-bond acceptors (Lipinski definition) is 3. The van der Waals surface area contributed by atoms with Gasteiger partial charge in [-0.05, 0) is 42.8 Å². The van der Waals surface area contributed by atoms with Crippen molar-refractivity contribution in [3.63, 3.8) is 0 Å². The van der Waals surface area contributed by atoms with Gasteiger partial charge in [-0.3, -0.25) is 0 Å². The third kappa shape index (κ3) is 4.31. The second-order valence-electron chi connectivity index (χ2n) is 4.77. The van der Waals surface area contributed by atoms with Gasteiger partial charge in [0.25, 0.3) is 0 Å². The van der Waals surface area contributed by atoms with E-state index in [0.29, 0.717) is 13.2 Å². The Morgan fingerprint density at radius 3 is 2.50 bits per heavy atom. The van der Waals surface area contributed by atoms with E-state index in [9.17, 15) is 0 Å². The van der Waals surface area contributed by atoms with E-state index >= 15 is 0 Å². The number of benzene rings is 2. The second-order valence-corrected chi connectivity index (χ2v) is 6.06. The van der Waals surface area contributed by atoms with Crippen molar-refractivity contribution in [1.82, 2.24) is 0 Å². The number of halogens is 2. The maximum absolute atomic E-state index is 5.90. The van der Waals surface area contributed by atoms with E-state index in [1.165, 1.54) is 0 Å². The molecule has 0 aliphatic carbocycles. The molecule has 5 heteroatoms. The van der Waals surface area contributed by atoms with Crippen LogP contribution in [0.5, 0.6) is 11.5 Å². The Morgan fingerprint density at radius 1 is 1.14 bits per heavy atom. The van der Waals surface area contributed by atoms with Crippen molar-refractivity contribution in [3.05, 3.63) is 51.5 Å². The summed E-state index contributed by atoms with van der Waals surface area (Å²) in [5.74, 6) is 1.52. The van der Waals surface area contributed by atoms with Crippen molar-refractivity contribution >= 4 is 33.2 Å². The second kappa shape index (κ2) is 8.30. The fourth-order valence-electron chi connectivity index (χ4n) is 2.03. The van der Waals surface area contributed by atoms with Gasteiger partial charge in [-0.1, -0.05) is 34.5 Å². The quantitative estimate of drug-likeness (QED) is 0.682. The summed E-state index contributed by atoms with van der Waals surface area (Å²) in [5, 5.41) is 4.10. The molecule has 2 aromatic rings. The number of anilines is 1. The molecule has 3 nitrogen and oxygen atoms in total. The molecule has 2 aromatic carbocycles. The number of hydrogen-bond donors (Lipinski definition) is 1. The van der Waals surface area contributed by atoms with Gasteiger partial charge in [0.15, 0.2) is 11.5 Å². The fourth-order valence-corrected chi connectivity index (χ4v) is 2.61. The zero-order valence-electron chi connectivity index (χ0n) is 12.7. The van der Waals surface area contributed by atoms with Gasteiger partial charge in [0, 0.05) is 27.3 Å². The lowest BCUT2D eigenvalue weighted by Gasteiger charge is -2.17. The first-order valence-corrected chi connectivity index (χ1v) is 8.30. The van der Waals surface area contributed by atoms with Crippen molar-refractivity contribution in [3.8, 4) is 11.5 Å². The molecule has 0 saturated heterocycles. The molecule has 0 radical (unpaired) electrons. The first kappa shape index (κ1) is 17.0. The molecule has 0 unspecified atom stereocenters. The topological polar surface area (TPSA) is 30.5 Å². The van der Waals surface area contributed by atoms with Crippen LogP contribution in [0.25, 0.3) is 0 Å². The van der Waals surface area contributed by atoms with Crippen LogP contribution in [-0.4, -0.2) is 13.7 Å². The smallest absolute Gasteiger partial charge is 0.167 e. The van der Waals surface area contributed by atoms with E-state index in [-0.39, 0.29) is 0 Å². The summed E-state index contributed by atoms with van der Waals surface area (Å²) in [6, 6.07) is 11.5. The van der Waals surface area contributed by atoms with E-state index in [1.54, 1.807) is 7.11 Å². The highest BCUT2D eigenvalue weighted by Gasteiger charge is 2.14. The first-order chi connectivity index (χ1) is 10.7. The summed E-state index contributed by atoms with van der Waals surface area (Å²) in [6.07, 6.45) is 0.944. The molecule has 2 rings (SSSR count). The molecule has 0 heterocycles. The molecule has 0 aromatic heterocycles. The highest BCUT2D eigenvalue weighted by atomic mass is 79.9. The maximum Gasteiger partial charge on any atom is 0.167 e. The summed E-state index contributed by atoms with van der Waals surface area (Å²) >= 11 is 9.50. The molecule has 0 aliphatic heterocycles. The Balaban J connectivity index is 2.22. The number of ether oxygens (including phenoxy) is 2. The van der Waals surface area contributed by atoms with Crippen LogP contribution in [-0.2, 0) is 6.54 Å². The van der Waals surface area contributed by atoms with Crippen molar-refractivity contribution in [2.75, 3.05) is 19.0 Å². The van der Waals surface area contributed by atoms with Gasteiger partial charge in [-0.15, -0.1) is 0 Å². The first-order valence-electron chi connectivity index (χ1n) is 7.13. The summed E-state index contributed by atoms with van der Waals surface area (Å²) < 4.78 is 12.3. The Bertz CT molecular complexity index is 617. The van der Waals surface area contributed by atoms with Crippen LogP contribution in [0.2, 0.25) is 5.02 Å². The average molecular weight is 385 g/mol. The molecule has 0 saturated carbocycles. The predicted octanol–water partition coefficient (Wildman–Crippen LogP) is 5.51. The number of methoxy groups -OCH3 is 1. The van der Waals surface area contributed by atoms with Gasteiger partial charge in [0.1, 0.15) is 0 Å². The molecule has 22 heavy (non-hydrogen) atoms. The highest BCUT2D eigenvalue weighted by molar-refractivity contribution is 9.10. The molecule has 0 amide bonds. The fraction of sp³-hybridized carbons (Fsp3) is 0.294. The molecule has 0 spiro atoms. The van der Waals surface area contributed by atoms with Crippen molar-refractivity contribution < 1.29 is 9.47 Å². The van der Waals surface area contributed by atoms with Crippen LogP contribution in [0.3, 0.4) is 0 Å². The van der Waals surface area contributed by atoms with Gasteiger partial charge >= 0.3 is 0 Å². The van der Waals surface area contributed by atoms with Crippen molar-refractivity contribution in [2.45, 2.75) is 19.9 Å². The molecular formula is C17H19BrClNO2. The highest BCUT2D eigenvalue weighted by Crippen LogP contribution is 2.36. The van der Waals surface area contributed by atoms with Crippen molar-refractivity contribution in [2.24, 2.45) is 0 Å². The van der Waals surface area contributed by atoms with Crippen LogP contribution in [0, 0.1) is 0 Å². The largest absolute Gasteiger partial charge is 0.493 e. The maximum atomic E-state index is 5.90. The molecule has 118 valence electrons. The van der Waals surface area contributed by atoms with Gasteiger partial charge < -0.3 is 14.8 Å². The van der Waals surface area contributed by atoms with E-state index in [0.717, 1.165) is 38.7 Å². The molecular weight excluding hydrogens is 366 g/mol. The lowest BCUT2D eigenvalue weighted by Crippen LogP contribution is -2.06. The van der Waals surface area contributed by atoms with Crippen LogP contribution >= 0.6 is 27.5 Å². The van der Waals surface area contributed by atoms with Crippen LogP contribution in [0.15, 0.2) is 40.9 Å². The van der Waals surface area contributed by atoms with E-state index < -0.39 is 0 Å². The molecule has 0 fully saturated rings. The summed E-state index contributed by atoms with van der Waals surface area (Å²) in [5.41, 5.74) is 2.03. The number of rotatable bonds is 7. The number of nitrogens with one attached hydrogen (secondary N) is 1. The lowest BCUT2D eigenvalue weighted by molar-refractivity contribution is 0.291. The standard InChI is InChI=1S/C17H19BrClNO2/c1-3-10-22-17-14(15(18)8-9-16(17)21-2)11-20-13-6-4-12(19)5-7-13/h4-9,20H,3,10-11H2,1-2H3. The monoisotopic (exact) mass is 383 g/mol.